The molecule has 6 nitrogen and oxygen atoms in total. The molecule has 6 aromatic carbocycles. The maximum Gasteiger partial charge on any atom is 0.264 e. The van der Waals surface area contributed by atoms with E-state index in [2.05, 4.69) is 36.4 Å². The lowest BCUT2D eigenvalue weighted by Gasteiger charge is -2.26. The molecule has 42 heavy (non-hydrogen) atoms. The van der Waals surface area contributed by atoms with Crippen molar-refractivity contribution in [3.63, 3.8) is 0 Å². The Hall–Kier alpha value is -5.59. The molecule has 0 bridgehead atoms. The van der Waals surface area contributed by atoms with Crippen molar-refractivity contribution in [1.82, 2.24) is 18.9 Å². The fourth-order valence-corrected chi connectivity index (χ4v) is 7.23. The fraction of sp³-hybridized carbons (Fsp3) is 0.0278. The third kappa shape index (κ3) is 2.56. The highest BCUT2D eigenvalue weighted by molar-refractivity contribution is 6.21. The highest BCUT2D eigenvalue weighted by atomic mass is 16.3. The van der Waals surface area contributed by atoms with Crippen molar-refractivity contribution >= 4 is 60.0 Å². The number of fused-ring (bicyclic) bond motifs is 8. The molecule has 0 saturated heterocycles. The number of hydrogen-bond acceptors (Lipinski definition) is 4. The Morgan fingerprint density at radius 3 is 2.05 bits per heavy atom. The van der Waals surface area contributed by atoms with Crippen LogP contribution in [-0.4, -0.2) is 24.0 Å². The molecule has 3 aromatic heterocycles. The Kier molecular flexibility index (Phi) is 3.99. The maximum absolute atomic E-state index is 13.9. The van der Waals surface area contributed by atoms with Gasteiger partial charge in [0.1, 0.15) is 11.5 Å². The SMILES string of the molecule is O=c1c2cccc3c(-c4ccc5c6c(cccc46)C(O)n4c-5nc5ccccc54)ccc(c32)c2nc3ccccc3n12. The number of aliphatic hydroxyl groups excluding tert-OH is 1. The number of imidazole rings is 2. The molecule has 9 aromatic rings. The monoisotopic (exact) mass is 540 g/mol. The summed E-state index contributed by atoms with van der Waals surface area (Å²) >= 11 is 0. The van der Waals surface area contributed by atoms with Crippen LogP contribution in [0.5, 0.6) is 0 Å². The van der Waals surface area contributed by atoms with E-state index in [4.69, 9.17) is 9.97 Å². The predicted octanol–water partition coefficient (Wildman–Crippen LogP) is 7.28. The van der Waals surface area contributed by atoms with Crippen LogP contribution in [-0.2, 0) is 0 Å². The van der Waals surface area contributed by atoms with Crippen LogP contribution in [0, 0.1) is 0 Å². The zero-order chi connectivity index (χ0) is 27.7. The average molecular weight is 541 g/mol. The molecular formula is C36H20N4O2. The smallest absolute Gasteiger partial charge is 0.264 e. The predicted molar refractivity (Wildman–Crippen MR) is 167 cm³/mol. The van der Waals surface area contributed by atoms with Gasteiger partial charge in [0.05, 0.1) is 22.1 Å². The van der Waals surface area contributed by atoms with Crippen LogP contribution < -0.4 is 5.56 Å². The summed E-state index contributed by atoms with van der Waals surface area (Å²) in [6.07, 6.45) is -0.846. The molecule has 0 saturated carbocycles. The first kappa shape index (κ1) is 22.1. The first-order chi connectivity index (χ1) is 20.7. The van der Waals surface area contributed by atoms with Gasteiger partial charge in [-0.2, -0.15) is 0 Å². The number of hydrogen-bond donors (Lipinski definition) is 1. The van der Waals surface area contributed by atoms with E-state index in [1.807, 2.05) is 77.4 Å². The summed E-state index contributed by atoms with van der Waals surface area (Å²) in [5.41, 5.74) is 7.93. The van der Waals surface area contributed by atoms with Gasteiger partial charge in [-0.15, -0.1) is 0 Å². The van der Waals surface area contributed by atoms with Crippen LogP contribution in [0.4, 0.5) is 0 Å². The van der Waals surface area contributed by atoms with Gasteiger partial charge in [-0.05, 0) is 64.4 Å². The molecule has 10 rings (SSSR count). The lowest BCUT2D eigenvalue weighted by molar-refractivity contribution is 0.152. The number of aliphatic hydroxyl groups is 1. The molecule has 0 radical (unpaired) electrons. The van der Waals surface area contributed by atoms with Crippen LogP contribution in [0.3, 0.4) is 0 Å². The minimum atomic E-state index is -0.846. The van der Waals surface area contributed by atoms with Gasteiger partial charge in [0.2, 0.25) is 0 Å². The van der Waals surface area contributed by atoms with Crippen molar-refractivity contribution in [2.75, 3.05) is 0 Å². The molecular weight excluding hydrogens is 520 g/mol. The lowest BCUT2D eigenvalue weighted by Crippen LogP contribution is -2.16. The van der Waals surface area contributed by atoms with Crippen LogP contribution in [0.25, 0.3) is 82.5 Å². The van der Waals surface area contributed by atoms with Crippen LogP contribution >= 0.6 is 0 Å². The van der Waals surface area contributed by atoms with Gasteiger partial charge in [-0.1, -0.05) is 66.7 Å². The molecule has 0 amide bonds. The summed E-state index contributed by atoms with van der Waals surface area (Å²) in [6.45, 7) is 0. The summed E-state index contributed by atoms with van der Waals surface area (Å²) in [7, 11) is 0. The molecule has 1 aliphatic rings. The van der Waals surface area contributed by atoms with E-state index in [-0.39, 0.29) is 5.56 Å². The largest absolute Gasteiger partial charge is 0.369 e. The molecule has 4 heterocycles. The fourth-order valence-electron chi connectivity index (χ4n) is 7.23. The third-order valence-corrected chi connectivity index (χ3v) is 9.00. The number of para-hydroxylation sites is 4. The Morgan fingerprint density at radius 1 is 0.571 bits per heavy atom. The average Bonchev–Trinajstić information content (AvgIpc) is 3.62. The Labute approximate surface area is 237 Å². The number of pyridine rings is 1. The van der Waals surface area contributed by atoms with E-state index < -0.39 is 6.23 Å². The number of benzene rings is 6. The van der Waals surface area contributed by atoms with Crippen molar-refractivity contribution < 1.29 is 5.11 Å². The van der Waals surface area contributed by atoms with E-state index in [0.29, 0.717) is 11.0 Å². The molecule has 0 spiro atoms. The number of rotatable bonds is 1. The van der Waals surface area contributed by atoms with E-state index in [1.165, 1.54) is 0 Å². The normalized spacial score (nSPS) is 14.6. The minimum Gasteiger partial charge on any atom is -0.369 e. The summed E-state index contributed by atoms with van der Waals surface area (Å²) in [5, 5.41) is 17.2. The molecule has 1 aliphatic heterocycles. The van der Waals surface area contributed by atoms with Crippen LogP contribution in [0.1, 0.15) is 11.8 Å². The zero-order valence-corrected chi connectivity index (χ0v) is 22.1. The van der Waals surface area contributed by atoms with Gasteiger partial charge in [0, 0.05) is 32.7 Å². The Balaban J connectivity index is 1.31. The second kappa shape index (κ2) is 7.57. The molecule has 0 fully saturated rings. The number of nitrogens with zero attached hydrogens (tertiary/aromatic N) is 4. The summed E-state index contributed by atoms with van der Waals surface area (Å²) in [6, 6.07) is 36.3. The van der Waals surface area contributed by atoms with Crippen molar-refractivity contribution in [2.24, 2.45) is 0 Å². The second-order valence-corrected chi connectivity index (χ2v) is 11.1. The van der Waals surface area contributed by atoms with Gasteiger partial charge in [-0.25, -0.2) is 9.97 Å². The first-order valence-corrected chi connectivity index (χ1v) is 14.0. The topological polar surface area (TPSA) is 72.4 Å². The molecule has 196 valence electrons. The highest BCUT2D eigenvalue weighted by Crippen LogP contribution is 2.46. The Morgan fingerprint density at radius 2 is 1.21 bits per heavy atom. The second-order valence-electron chi connectivity index (χ2n) is 11.1. The van der Waals surface area contributed by atoms with Crippen molar-refractivity contribution in [3.8, 4) is 22.5 Å². The van der Waals surface area contributed by atoms with E-state index in [9.17, 15) is 9.90 Å². The van der Waals surface area contributed by atoms with Gasteiger partial charge >= 0.3 is 0 Å². The van der Waals surface area contributed by atoms with Crippen molar-refractivity contribution in [1.29, 1.82) is 0 Å². The van der Waals surface area contributed by atoms with Gasteiger partial charge in [-0.3, -0.25) is 13.8 Å². The van der Waals surface area contributed by atoms with Gasteiger partial charge in [0.25, 0.3) is 5.56 Å². The van der Waals surface area contributed by atoms with E-state index in [1.54, 1.807) is 4.40 Å². The summed E-state index contributed by atoms with van der Waals surface area (Å²) < 4.78 is 3.66. The Bertz CT molecular complexity index is 2680. The molecule has 1 N–H and O–H groups in total. The van der Waals surface area contributed by atoms with Crippen LogP contribution in [0.2, 0.25) is 0 Å². The van der Waals surface area contributed by atoms with Crippen molar-refractivity contribution in [3.05, 3.63) is 125 Å². The van der Waals surface area contributed by atoms with E-state index >= 15 is 0 Å². The first-order valence-electron chi connectivity index (χ1n) is 14.0. The third-order valence-electron chi connectivity index (χ3n) is 9.00. The minimum absolute atomic E-state index is 0.0622. The van der Waals surface area contributed by atoms with Gasteiger partial charge in [0.15, 0.2) is 6.23 Å². The quantitative estimate of drug-likeness (QED) is 0.237. The number of aromatic nitrogens is 4. The van der Waals surface area contributed by atoms with Gasteiger partial charge < -0.3 is 5.11 Å². The molecule has 1 unspecified atom stereocenters. The summed E-state index contributed by atoms with van der Waals surface area (Å²) in [4.78, 5) is 23.7. The zero-order valence-electron chi connectivity index (χ0n) is 22.1. The van der Waals surface area contributed by atoms with Crippen LogP contribution in [0.15, 0.2) is 114 Å². The molecule has 0 aliphatic carbocycles. The maximum atomic E-state index is 13.9. The molecule has 1 atom stereocenters. The van der Waals surface area contributed by atoms with Crippen molar-refractivity contribution in [2.45, 2.75) is 6.23 Å². The lowest BCUT2D eigenvalue weighted by atomic mass is 9.87. The highest BCUT2D eigenvalue weighted by Gasteiger charge is 2.29. The van der Waals surface area contributed by atoms with E-state index in [0.717, 1.165) is 77.1 Å². The standard InChI is InChI=1S/C36H20N4O2/c41-35-25-9-5-7-21-19(15-17-23(31(21)25)33-37-27-11-1-3-13-29(27)39(33)35)20-16-18-24-32-22(20)8-6-10-26(32)36(42)40-30-14-4-2-12-28(30)38-34(24)40/h1-18,35,41H. The summed E-state index contributed by atoms with van der Waals surface area (Å²) in [5.74, 6) is 0.764. The molecule has 6 heteroatoms.